The summed E-state index contributed by atoms with van der Waals surface area (Å²) in [6.45, 7) is 1.72. The maximum Gasteiger partial charge on any atom is 0.329 e. The topological polar surface area (TPSA) is 74.5 Å². The third-order valence-corrected chi connectivity index (χ3v) is 5.21. The van der Waals surface area contributed by atoms with Gasteiger partial charge in [-0.1, -0.05) is 6.08 Å². The van der Waals surface area contributed by atoms with Crippen molar-refractivity contribution in [2.75, 3.05) is 33.0 Å². The number of aliphatic carboxylic acids is 1. The fourth-order valence-electron chi connectivity index (χ4n) is 2.79. The van der Waals surface area contributed by atoms with Gasteiger partial charge in [-0.15, -0.1) is 11.8 Å². The van der Waals surface area contributed by atoms with E-state index in [1.807, 2.05) is 18.2 Å². The molecule has 1 unspecified atom stereocenters. The molecule has 0 bridgehead atoms. The molecule has 0 saturated heterocycles. The number of hydrogen-bond donors (Lipinski definition) is 1. The first-order valence-electron chi connectivity index (χ1n) is 8.42. The van der Waals surface area contributed by atoms with Crippen LogP contribution in [0.1, 0.15) is 12.8 Å². The predicted octanol–water partition coefficient (Wildman–Crippen LogP) is 2.15. The van der Waals surface area contributed by atoms with Crippen molar-refractivity contribution in [1.29, 1.82) is 0 Å². The third-order valence-electron chi connectivity index (χ3n) is 4.14. The molecule has 0 aromatic carbocycles. The molecule has 3 aliphatic rings. The van der Waals surface area contributed by atoms with Gasteiger partial charge in [-0.2, -0.15) is 0 Å². The molecule has 1 aliphatic carbocycles. The second kappa shape index (κ2) is 8.01. The molecule has 0 radical (unpaired) electrons. The molecule has 0 spiro atoms. The SMILES string of the molecule is CN(C)CCCOC1=CCC2N=C(C3=N[C@@H](C(=O)O)CS3)C=CC2=C1. The van der Waals surface area contributed by atoms with Crippen molar-refractivity contribution in [3.05, 3.63) is 35.6 Å². The van der Waals surface area contributed by atoms with Crippen molar-refractivity contribution in [1.82, 2.24) is 4.90 Å². The molecule has 25 heavy (non-hydrogen) atoms. The molecule has 2 atom stereocenters. The molecule has 0 saturated carbocycles. The van der Waals surface area contributed by atoms with Gasteiger partial charge in [0.15, 0.2) is 6.04 Å². The zero-order valence-corrected chi connectivity index (χ0v) is 15.3. The average molecular weight is 361 g/mol. The molecule has 6 nitrogen and oxygen atoms in total. The van der Waals surface area contributed by atoms with Gasteiger partial charge in [-0.25, -0.2) is 4.79 Å². The van der Waals surface area contributed by atoms with Crippen LogP contribution in [0.15, 0.2) is 45.6 Å². The number of ether oxygens (including phenoxy) is 1. The number of carboxylic acids is 1. The molecule has 1 N–H and O–H groups in total. The van der Waals surface area contributed by atoms with Gasteiger partial charge in [0.25, 0.3) is 0 Å². The normalized spacial score (nSPS) is 25.1. The van der Waals surface area contributed by atoms with Crippen LogP contribution in [0.25, 0.3) is 0 Å². The van der Waals surface area contributed by atoms with E-state index in [0.29, 0.717) is 12.4 Å². The molecular weight excluding hydrogens is 338 g/mol. The van der Waals surface area contributed by atoms with Gasteiger partial charge in [0.05, 0.1) is 18.4 Å². The van der Waals surface area contributed by atoms with Gasteiger partial charge in [0, 0.05) is 12.3 Å². The van der Waals surface area contributed by atoms with Gasteiger partial charge in [0.2, 0.25) is 0 Å². The van der Waals surface area contributed by atoms with Crippen LogP contribution in [-0.2, 0) is 9.53 Å². The highest BCUT2D eigenvalue weighted by atomic mass is 32.2. The third kappa shape index (κ3) is 4.61. The molecule has 2 aliphatic heterocycles. The molecule has 0 aromatic heterocycles. The summed E-state index contributed by atoms with van der Waals surface area (Å²) in [5.74, 6) is 0.516. The number of carbonyl (C=O) groups is 1. The summed E-state index contributed by atoms with van der Waals surface area (Å²) in [5.41, 5.74) is 1.92. The lowest BCUT2D eigenvalue weighted by molar-refractivity contribution is -0.137. The number of thioether (sulfide) groups is 1. The smallest absolute Gasteiger partial charge is 0.329 e. The molecule has 3 rings (SSSR count). The number of nitrogens with zero attached hydrogens (tertiary/aromatic N) is 3. The lowest BCUT2D eigenvalue weighted by Crippen LogP contribution is -2.21. The Balaban J connectivity index is 1.58. The van der Waals surface area contributed by atoms with Crippen LogP contribution in [0.5, 0.6) is 0 Å². The van der Waals surface area contributed by atoms with Crippen LogP contribution in [0.3, 0.4) is 0 Å². The van der Waals surface area contributed by atoms with Gasteiger partial charge in [-0.3, -0.25) is 9.98 Å². The Hall–Kier alpha value is -1.86. The first kappa shape index (κ1) is 17.9. The number of aliphatic imine (C=N–C) groups is 2. The van der Waals surface area contributed by atoms with E-state index in [1.165, 1.54) is 11.8 Å². The van der Waals surface area contributed by atoms with E-state index >= 15 is 0 Å². The van der Waals surface area contributed by atoms with Crippen molar-refractivity contribution >= 4 is 28.5 Å². The van der Waals surface area contributed by atoms with E-state index < -0.39 is 12.0 Å². The zero-order valence-electron chi connectivity index (χ0n) is 14.5. The van der Waals surface area contributed by atoms with Crippen molar-refractivity contribution in [3.63, 3.8) is 0 Å². The maximum absolute atomic E-state index is 11.0. The highest BCUT2D eigenvalue weighted by molar-refractivity contribution is 8.16. The van der Waals surface area contributed by atoms with Gasteiger partial charge in [-0.05, 0) is 50.7 Å². The second-order valence-electron chi connectivity index (χ2n) is 6.45. The highest BCUT2D eigenvalue weighted by Gasteiger charge is 2.28. The Morgan fingerprint density at radius 3 is 2.96 bits per heavy atom. The lowest BCUT2D eigenvalue weighted by atomic mass is 9.95. The van der Waals surface area contributed by atoms with E-state index in [1.54, 1.807) is 0 Å². The van der Waals surface area contributed by atoms with E-state index in [4.69, 9.17) is 14.8 Å². The number of allylic oxidation sites excluding steroid dienone is 2. The molecule has 134 valence electrons. The van der Waals surface area contributed by atoms with Crippen LogP contribution in [0.2, 0.25) is 0 Å². The Morgan fingerprint density at radius 1 is 1.40 bits per heavy atom. The zero-order chi connectivity index (χ0) is 17.8. The molecule has 0 fully saturated rings. The molecule has 0 aromatic rings. The Kier molecular flexibility index (Phi) is 5.75. The van der Waals surface area contributed by atoms with Crippen molar-refractivity contribution in [2.45, 2.75) is 24.9 Å². The van der Waals surface area contributed by atoms with Crippen LogP contribution < -0.4 is 0 Å². The summed E-state index contributed by atoms with van der Waals surface area (Å²) in [4.78, 5) is 22.2. The monoisotopic (exact) mass is 361 g/mol. The molecule has 7 heteroatoms. The number of dihydropyridines is 1. The summed E-state index contributed by atoms with van der Waals surface area (Å²) in [5, 5.41) is 9.79. The molecule has 2 heterocycles. The van der Waals surface area contributed by atoms with E-state index in [2.05, 4.69) is 30.1 Å². The maximum atomic E-state index is 11.0. The van der Waals surface area contributed by atoms with E-state index in [9.17, 15) is 4.79 Å². The largest absolute Gasteiger partial charge is 0.494 e. The van der Waals surface area contributed by atoms with Crippen molar-refractivity contribution < 1.29 is 14.6 Å². The quantitative estimate of drug-likeness (QED) is 0.703. The van der Waals surface area contributed by atoms with Crippen molar-refractivity contribution in [3.8, 4) is 0 Å². The predicted molar refractivity (Wildman–Crippen MR) is 102 cm³/mol. The van der Waals surface area contributed by atoms with E-state index in [0.717, 1.165) is 41.5 Å². The Morgan fingerprint density at radius 2 is 2.24 bits per heavy atom. The van der Waals surface area contributed by atoms with Crippen LogP contribution in [0.4, 0.5) is 0 Å². The molecular formula is C18H23N3O3S. The minimum atomic E-state index is -0.875. The first-order chi connectivity index (χ1) is 12.0. The summed E-state index contributed by atoms with van der Waals surface area (Å²) in [6, 6.07) is -0.581. The number of carboxylic acid groups (broad SMARTS) is 1. The number of rotatable bonds is 7. The van der Waals surface area contributed by atoms with Crippen molar-refractivity contribution in [2.24, 2.45) is 9.98 Å². The number of hydrogen-bond acceptors (Lipinski definition) is 6. The standard InChI is InChI=1S/C18H23N3O3S/c1-21(2)8-3-9-24-13-5-7-14-12(10-13)4-6-15(19-14)17-20-16(11-25-17)18(22)23/h4-6,10,14,16H,3,7-9,11H2,1-2H3,(H,22,23)/t14?,16-/m1/s1. The fraction of sp³-hybridized carbons (Fsp3) is 0.500. The summed E-state index contributed by atoms with van der Waals surface area (Å²) in [7, 11) is 4.11. The van der Waals surface area contributed by atoms with E-state index in [-0.39, 0.29) is 6.04 Å². The van der Waals surface area contributed by atoms with Crippen LogP contribution in [-0.4, -0.2) is 71.8 Å². The second-order valence-corrected chi connectivity index (χ2v) is 7.46. The average Bonchev–Trinajstić information content (AvgIpc) is 3.08. The highest BCUT2D eigenvalue weighted by Crippen LogP contribution is 2.28. The van der Waals surface area contributed by atoms with Crippen LogP contribution >= 0.6 is 11.8 Å². The molecule has 0 amide bonds. The summed E-state index contributed by atoms with van der Waals surface area (Å²) in [6.07, 6.45) is 9.88. The van der Waals surface area contributed by atoms with Crippen LogP contribution in [0, 0.1) is 0 Å². The fourth-order valence-corrected chi connectivity index (χ4v) is 3.80. The van der Waals surface area contributed by atoms with Gasteiger partial charge in [0.1, 0.15) is 10.8 Å². The Labute approximate surface area is 152 Å². The minimum Gasteiger partial charge on any atom is -0.494 e. The van der Waals surface area contributed by atoms with Gasteiger partial charge >= 0.3 is 5.97 Å². The minimum absolute atomic E-state index is 0.0707. The first-order valence-corrected chi connectivity index (χ1v) is 9.40. The lowest BCUT2D eigenvalue weighted by Gasteiger charge is -2.23. The van der Waals surface area contributed by atoms with Gasteiger partial charge < -0.3 is 14.7 Å². The summed E-state index contributed by atoms with van der Waals surface area (Å²) >= 11 is 1.46. The Bertz CT molecular complexity index is 692. The number of fused-ring (bicyclic) bond motifs is 1. The summed E-state index contributed by atoms with van der Waals surface area (Å²) < 4.78 is 5.83.